The Balaban J connectivity index is 2.72. The quantitative estimate of drug-likeness (QED) is 0.827. The third-order valence-corrected chi connectivity index (χ3v) is 2.18. The highest BCUT2D eigenvalue weighted by Gasteiger charge is 2.08. The molecule has 1 unspecified atom stereocenters. The number of ketones is 1. The molecule has 0 heterocycles. The summed E-state index contributed by atoms with van der Waals surface area (Å²) in [5, 5.41) is 9.01. The number of aliphatic hydroxyl groups is 1. The lowest BCUT2D eigenvalue weighted by molar-refractivity contribution is 0.0901. The van der Waals surface area contributed by atoms with Crippen molar-refractivity contribution in [1.29, 1.82) is 0 Å². The molecule has 0 saturated heterocycles. The van der Waals surface area contributed by atoms with Gasteiger partial charge in [-0.25, -0.2) is 0 Å². The van der Waals surface area contributed by atoms with Crippen molar-refractivity contribution in [3.8, 4) is 0 Å². The Hall–Kier alpha value is -0.670. The number of carbonyl (C=O) groups excluding carboxylic acids is 1. The van der Waals surface area contributed by atoms with Crippen LogP contribution < -0.4 is 0 Å². The van der Waals surface area contributed by atoms with Crippen molar-refractivity contribution < 1.29 is 9.90 Å². The lowest BCUT2D eigenvalue weighted by Crippen LogP contribution is -2.09. The van der Waals surface area contributed by atoms with Gasteiger partial charge in [0.1, 0.15) is 0 Å². The second-order valence-corrected chi connectivity index (χ2v) is 3.90. The summed E-state index contributed by atoms with van der Waals surface area (Å²) in [5.74, 6) is -0.0255. The van der Waals surface area contributed by atoms with E-state index in [1.807, 2.05) is 12.1 Å². The Kier molecular flexibility index (Phi) is 3.63. The van der Waals surface area contributed by atoms with Crippen LogP contribution >= 0.6 is 15.9 Å². The van der Waals surface area contributed by atoms with Crippen LogP contribution in [0.5, 0.6) is 0 Å². The van der Waals surface area contributed by atoms with E-state index in [0.717, 1.165) is 4.47 Å². The van der Waals surface area contributed by atoms with Crippen molar-refractivity contribution in [2.24, 2.45) is 0 Å². The standard InChI is InChI=1S/C10H11BrO2/c1-7(12)6-10(13)8-2-4-9(11)5-3-8/h2-5,7,12H,6H2,1H3. The van der Waals surface area contributed by atoms with E-state index in [9.17, 15) is 4.79 Å². The molecule has 0 saturated carbocycles. The van der Waals surface area contributed by atoms with E-state index in [4.69, 9.17) is 5.11 Å². The minimum absolute atomic E-state index is 0.0255. The Bertz CT molecular complexity index is 290. The maximum Gasteiger partial charge on any atom is 0.165 e. The molecule has 0 bridgehead atoms. The number of rotatable bonds is 3. The fraction of sp³-hybridized carbons (Fsp3) is 0.300. The van der Waals surface area contributed by atoms with Crippen LogP contribution in [-0.2, 0) is 0 Å². The number of benzene rings is 1. The predicted octanol–water partition coefficient (Wildman–Crippen LogP) is 2.40. The monoisotopic (exact) mass is 242 g/mol. The third-order valence-electron chi connectivity index (χ3n) is 1.65. The fourth-order valence-corrected chi connectivity index (χ4v) is 1.29. The summed E-state index contributed by atoms with van der Waals surface area (Å²) in [6.45, 7) is 1.61. The summed E-state index contributed by atoms with van der Waals surface area (Å²) in [5.41, 5.74) is 0.643. The fourth-order valence-electron chi connectivity index (χ4n) is 1.02. The third kappa shape index (κ3) is 3.28. The highest BCUT2D eigenvalue weighted by atomic mass is 79.9. The average Bonchev–Trinajstić information content (AvgIpc) is 2.04. The zero-order valence-electron chi connectivity index (χ0n) is 7.33. The molecule has 1 aromatic rings. The molecule has 0 amide bonds. The Labute approximate surface area is 85.7 Å². The van der Waals surface area contributed by atoms with Gasteiger partial charge in [-0.05, 0) is 19.1 Å². The van der Waals surface area contributed by atoms with Gasteiger partial charge >= 0.3 is 0 Å². The molecule has 1 atom stereocenters. The first kappa shape index (κ1) is 10.4. The van der Waals surface area contributed by atoms with Gasteiger partial charge in [-0.3, -0.25) is 4.79 Å². The molecule has 0 spiro atoms. The minimum atomic E-state index is -0.573. The van der Waals surface area contributed by atoms with Gasteiger partial charge in [0.15, 0.2) is 5.78 Å². The van der Waals surface area contributed by atoms with Crippen molar-refractivity contribution >= 4 is 21.7 Å². The highest BCUT2D eigenvalue weighted by Crippen LogP contribution is 2.12. The number of Topliss-reactive ketones (excluding diaryl/α,β-unsaturated/α-hetero) is 1. The van der Waals surface area contributed by atoms with Gasteiger partial charge in [0.05, 0.1) is 6.10 Å². The van der Waals surface area contributed by atoms with E-state index in [2.05, 4.69) is 15.9 Å². The minimum Gasteiger partial charge on any atom is -0.393 e. The zero-order chi connectivity index (χ0) is 9.84. The van der Waals surface area contributed by atoms with Gasteiger partial charge in [0.2, 0.25) is 0 Å². The maximum atomic E-state index is 11.4. The van der Waals surface area contributed by atoms with E-state index in [1.165, 1.54) is 0 Å². The number of carbonyl (C=O) groups is 1. The summed E-state index contributed by atoms with van der Waals surface area (Å²) >= 11 is 3.28. The van der Waals surface area contributed by atoms with Crippen LogP contribution in [0, 0.1) is 0 Å². The van der Waals surface area contributed by atoms with Crippen LogP contribution in [0.2, 0.25) is 0 Å². The molecule has 1 N–H and O–H groups in total. The number of aliphatic hydroxyl groups excluding tert-OH is 1. The molecule has 0 aliphatic rings. The van der Waals surface area contributed by atoms with Gasteiger partial charge < -0.3 is 5.11 Å². The van der Waals surface area contributed by atoms with Crippen LogP contribution in [0.3, 0.4) is 0 Å². The maximum absolute atomic E-state index is 11.4. The summed E-state index contributed by atoms with van der Waals surface area (Å²) in [6.07, 6.45) is -0.391. The van der Waals surface area contributed by atoms with Crippen LogP contribution in [0.1, 0.15) is 23.7 Å². The van der Waals surface area contributed by atoms with Gasteiger partial charge in [-0.1, -0.05) is 28.1 Å². The molecular weight excluding hydrogens is 232 g/mol. The first-order valence-corrected chi connectivity index (χ1v) is 4.85. The van der Waals surface area contributed by atoms with E-state index < -0.39 is 6.10 Å². The van der Waals surface area contributed by atoms with Gasteiger partial charge in [0.25, 0.3) is 0 Å². The molecule has 0 aliphatic carbocycles. The van der Waals surface area contributed by atoms with E-state index in [0.29, 0.717) is 5.56 Å². The Morgan fingerprint density at radius 1 is 1.46 bits per heavy atom. The van der Waals surface area contributed by atoms with Gasteiger partial charge in [-0.15, -0.1) is 0 Å². The summed E-state index contributed by atoms with van der Waals surface area (Å²) in [6, 6.07) is 7.12. The van der Waals surface area contributed by atoms with Crippen molar-refractivity contribution in [3.05, 3.63) is 34.3 Å². The summed E-state index contributed by atoms with van der Waals surface area (Å²) < 4.78 is 0.945. The van der Waals surface area contributed by atoms with E-state index >= 15 is 0 Å². The van der Waals surface area contributed by atoms with Crippen molar-refractivity contribution in [2.75, 3.05) is 0 Å². The van der Waals surface area contributed by atoms with Crippen LogP contribution in [-0.4, -0.2) is 17.0 Å². The molecule has 1 rings (SSSR count). The van der Waals surface area contributed by atoms with Crippen LogP contribution in [0.25, 0.3) is 0 Å². The van der Waals surface area contributed by atoms with Crippen molar-refractivity contribution in [1.82, 2.24) is 0 Å². The molecule has 0 fully saturated rings. The van der Waals surface area contributed by atoms with Gasteiger partial charge in [0, 0.05) is 16.5 Å². The Morgan fingerprint density at radius 2 is 2.00 bits per heavy atom. The molecule has 0 aromatic heterocycles. The highest BCUT2D eigenvalue weighted by molar-refractivity contribution is 9.10. The SMILES string of the molecule is CC(O)CC(=O)c1ccc(Br)cc1. The molecule has 0 radical (unpaired) electrons. The predicted molar refractivity (Wildman–Crippen MR) is 54.8 cm³/mol. The second-order valence-electron chi connectivity index (χ2n) is 2.98. The average molecular weight is 243 g/mol. The van der Waals surface area contributed by atoms with Gasteiger partial charge in [-0.2, -0.15) is 0 Å². The number of hydrogen-bond acceptors (Lipinski definition) is 2. The zero-order valence-corrected chi connectivity index (χ0v) is 8.91. The van der Waals surface area contributed by atoms with Crippen LogP contribution in [0.15, 0.2) is 28.7 Å². The molecule has 1 aromatic carbocycles. The topological polar surface area (TPSA) is 37.3 Å². The van der Waals surface area contributed by atoms with Crippen molar-refractivity contribution in [3.63, 3.8) is 0 Å². The molecule has 2 nitrogen and oxygen atoms in total. The molecule has 3 heteroatoms. The summed E-state index contributed by atoms with van der Waals surface area (Å²) in [4.78, 5) is 11.4. The number of halogens is 1. The van der Waals surface area contributed by atoms with Crippen LogP contribution in [0.4, 0.5) is 0 Å². The first-order valence-electron chi connectivity index (χ1n) is 4.06. The lowest BCUT2D eigenvalue weighted by atomic mass is 10.1. The molecule has 0 aliphatic heterocycles. The second kappa shape index (κ2) is 4.53. The summed E-state index contributed by atoms with van der Waals surface area (Å²) in [7, 11) is 0. The van der Waals surface area contributed by atoms with Crippen molar-refractivity contribution in [2.45, 2.75) is 19.4 Å². The number of hydrogen-bond donors (Lipinski definition) is 1. The largest absolute Gasteiger partial charge is 0.393 e. The lowest BCUT2D eigenvalue weighted by Gasteiger charge is -2.02. The molecular formula is C10H11BrO2. The normalized spacial score (nSPS) is 12.5. The Morgan fingerprint density at radius 3 is 2.46 bits per heavy atom. The smallest absolute Gasteiger partial charge is 0.165 e. The van der Waals surface area contributed by atoms with E-state index in [1.54, 1.807) is 19.1 Å². The molecule has 13 heavy (non-hydrogen) atoms. The molecule has 70 valence electrons. The van der Waals surface area contributed by atoms with E-state index in [-0.39, 0.29) is 12.2 Å². The first-order chi connectivity index (χ1) is 6.09.